The van der Waals surface area contributed by atoms with Crippen LogP contribution in [0.3, 0.4) is 0 Å². The van der Waals surface area contributed by atoms with Crippen LogP contribution in [0.15, 0.2) is 12.3 Å². The van der Waals surface area contributed by atoms with Crippen molar-refractivity contribution in [3.8, 4) is 0 Å². The summed E-state index contributed by atoms with van der Waals surface area (Å²) in [6, 6.07) is 1.92. The van der Waals surface area contributed by atoms with Crippen LogP contribution in [-0.4, -0.2) is 26.1 Å². The molecule has 1 unspecified atom stereocenters. The zero-order valence-corrected chi connectivity index (χ0v) is 10.9. The fourth-order valence-corrected chi connectivity index (χ4v) is 1.72. The van der Waals surface area contributed by atoms with E-state index < -0.39 is 11.2 Å². The van der Waals surface area contributed by atoms with Gasteiger partial charge in [-0.1, -0.05) is 0 Å². The van der Waals surface area contributed by atoms with Crippen LogP contribution in [0, 0.1) is 0 Å². The van der Waals surface area contributed by atoms with Crippen LogP contribution in [-0.2, 0) is 11.6 Å². The highest BCUT2D eigenvalue weighted by Gasteiger charge is 2.36. The van der Waals surface area contributed by atoms with Gasteiger partial charge in [0.1, 0.15) is 5.44 Å². The molecule has 1 rings (SSSR count). The molecule has 1 heterocycles. The van der Waals surface area contributed by atoms with Gasteiger partial charge in [-0.2, -0.15) is 5.10 Å². The van der Waals surface area contributed by atoms with E-state index in [4.69, 9.17) is 4.52 Å². The van der Waals surface area contributed by atoms with E-state index in [0.29, 0.717) is 0 Å². The van der Waals surface area contributed by atoms with E-state index in [1.165, 1.54) is 0 Å². The molecule has 1 aromatic rings. The molecule has 0 aliphatic heterocycles. The van der Waals surface area contributed by atoms with E-state index in [0.717, 1.165) is 5.44 Å². The predicted octanol–water partition coefficient (Wildman–Crippen LogP) is 1.20. The lowest BCUT2D eigenvalue weighted by atomic mass is 9.90. The smallest absolute Gasteiger partial charge is 0.109 e. The number of aryl methyl sites for hydroxylation is 1. The van der Waals surface area contributed by atoms with Crippen LogP contribution >= 0.6 is 8.81 Å². The molecule has 0 amide bonds. The number of nitrogens with zero attached hydrogens (tertiary/aromatic N) is 2. The van der Waals surface area contributed by atoms with Gasteiger partial charge in [0.2, 0.25) is 0 Å². The summed E-state index contributed by atoms with van der Waals surface area (Å²) in [5, 5.41) is 14.1. The normalized spacial score (nSPS) is 14.0. The summed E-state index contributed by atoms with van der Waals surface area (Å²) < 4.78 is 7.43. The number of rotatable bonds is 4. The Bertz CT molecular complexity index is 328. The Kier molecular flexibility index (Phi) is 3.54. The Balaban J connectivity index is 2.57. The molecule has 5 heteroatoms. The molecule has 0 aliphatic rings. The minimum Gasteiger partial charge on any atom is -0.387 e. The summed E-state index contributed by atoms with van der Waals surface area (Å²) in [6.45, 7) is 7.25. The third-order valence-electron chi connectivity index (χ3n) is 2.60. The summed E-state index contributed by atoms with van der Waals surface area (Å²) in [5.74, 6) is 0. The van der Waals surface area contributed by atoms with Crippen molar-refractivity contribution < 1.29 is 9.63 Å². The molecular weight excluding hydrogens is 211 g/mol. The van der Waals surface area contributed by atoms with Crippen LogP contribution in [0.2, 0.25) is 0 Å². The summed E-state index contributed by atoms with van der Waals surface area (Å²) in [4.78, 5) is 0. The minimum atomic E-state index is -0.866. The van der Waals surface area contributed by atoms with Gasteiger partial charge >= 0.3 is 0 Å². The number of hydrogen-bond acceptors (Lipinski definition) is 3. The molecule has 0 radical (unpaired) electrons. The molecule has 4 nitrogen and oxygen atoms in total. The van der Waals surface area contributed by atoms with Crippen molar-refractivity contribution in [2.75, 3.05) is 0 Å². The summed E-state index contributed by atoms with van der Waals surface area (Å²) >= 11 is 0. The van der Waals surface area contributed by atoms with Crippen LogP contribution < -0.4 is 5.44 Å². The Morgan fingerprint density at radius 1 is 1.40 bits per heavy atom. The molecular formula is C10H19N2O2P. The van der Waals surface area contributed by atoms with Crippen molar-refractivity contribution in [2.45, 2.75) is 38.9 Å². The highest BCUT2D eigenvalue weighted by atomic mass is 31.1. The molecule has 0 aromatic carbocycles. The SMILES string of the molecule is Cn1ccc(POC(C)(C)C(C)(C)O)n1. The van der Waals surface area contributed by atoms with E-state index in [-0.39, 0.29) is 8.81 Å². The van der Waals surface area contributed by atoms with Crippen molar-refractivity contribution >= 4 is 14.2 Å². The van der Waals surface area contributed by atoms with Crippen molar-refractivity contribution in [3.05, 3.63) is 12.3 Å². The van der Waals surface area contributed by atoms with E-state index in [9.17, 15) is 5.11 Å². The lowest BCUT2D eigenvalue weighted by Gasteiger charge is -2.36. The highest BCUT2D eigenvalue weighted by molar-refractivity contribution is 7.41. The molecule has 0 spiro atoms. The van der Waals surface area contributed by atoms with Gasteiger partial charge in [0.05, 0.1) is 20.0 Å². The lowest BCUT2D eigenvalue weighted by Crippen LogP contribution is -2.45. The van der Waals surface area contributed by atoms with Gasteiger partial charge in [0, 0.05) is 13.2 Å². The fourth-order valence-electron chi connectivity index (χ4n) is 0.774. The Hall–Kier alpha value is -0.440. The van der Waals surface area contributed by atoms with Gasteiger partial charge in [0.15, 0.2) is 0 Å². The van der Waals surface area contributed by atoms with E-state index in [1.807, 2.05) is 33.2 Å². The Morgan fingerprint density at radius 2 is 2.00 bits per heavy atom. The van der Waals surface area contributed by atoms with Gasteiger partial charge in [-0.25, -0.2) is 0 Å². The van der Waals surface area contributed by atoms with Crippen molar-refractivity contribution in [2.24, 2.45) is 7.05 Å². The second kappa shape index (κ2) is 4.20. The topological polar surface area (TPSA) is 47.3 Å². The first-order valence-corrected chi connectivity index (χ1v) is 5.79. The minimum absolute atomic E-state index is 0.158. The third kappa shape index (κ3) is 3.26. The molecule has 0 saturated carbocycles. The van der Waals surface area contributed by atoms with E-state index in [2.05, 4.69) is 5.10 Å². The zero-order valence-electron chi connectivity index (χ0n) is 9.90. The molecule has 0 aliphatic carbocycles. The monoisotopic (exact) mass is 230 g/mol. The quantitative estimate of drug-likeness (QED) is 0.791. The lowest BCUT2D eigenvalue weighted by molar-refractivity contribution is -0.0833. The summed E-state index contributed by atoms with van der Waals surface area (Å²) in [5.41, 5.74) is -0.549. The first kappa shape index (κ1) is 12.6. The van der Waals surface area contributed by atoms with Gasteiger partial charge < -0.3 is 9.63 Å². The Morgan fingerprint density at radius 3 is 2.40 bits per heavy atom. The highest BCUT2D eigenvalue weighted by Crippen LogP contribution is 2.31. The number of aliphatic hydroxyl groups is 1. The van der Waals surface area contributed by atoms with Gasteiger partial charge in [0.25, 0.3) is 0 Å². The maximum Gasteiger partial charge on any atom is 0.109 e. The fraction of sp³-hybridized carbons (Fsp3) is 0.700. The van der Waals surface area contributed by atoms with Gasteiger partial charge in [-0.15, -0.1) is 0 Å². The molecule has 1 aromatic heterocycles. The zero-order chi connectivity index (χ0) is 11.7. The largest absolute Gasteiger partial charge is 0.387 e. The van der Waals surface area contributed by atoms with Crippen LogP contribution in [0.1, 0.15) is 27.7 Å². The van der Waals surface area contributed by atoms with Gasteiger partial charge in [-0.05, 0) is 33.8 Å². The van der Waals surface area contributed by atoms with E-state index in [1.54, 1.807) is 18.5 Å². The van der Waals surface area contributed by atoms with Crippen molar-refractivity contribution in [1.82, 2.24) is 9.78 Å². The molecule has 86 valence electrons. The standard InChI is InChI=1S/C10H19N2O2P/c1-9(2,13)10(3,4)14-15-8-6-7-12(5)11-8/h6-7,13,15H,1-5H3. The van der Waals surface area contributed by atoms with Crippen LogP contribution in [0.25, 0.3) is 0 Å². The summed E-state index contributed by atoms with van der Waals surface area (Å²) in [7, 11) is 2.03. The van der Waals surface area contributed by atoms with Crippen molar-refractivity contribution in [1.29, 1.82) is 0 Å². The summed E-state index contributed by atoms with van der Waals surface area (Å²) in [6.07, 6.45) is 1.88. The number of aromatic nitrogens is 2. The second-order valence-corrected chi connectivity index (χ2v) is 5.57. The Labute approximate surface area is 92.5 Å². The second-order valence-electron chi connectivity index (χ2n) is 4.65. The van der Waals surface area contributed by atoms with Crippen molar-refractivity contribution in [3.63, 3.8) is 0 Å². The average Bonchev–Trinajstić information content (AvgIpc) is 2.46. The average molecular weight is 230 g/mol. The molecule has 1 atom stereocenters. The molecule has 0 fully saturated rings. The molecule has 1 N–H and O–H groups in total. The first-order valence-electron chi connectivity index (χ1n) is 4.88. The molecule has 0 saturated heterocycles. The molecule has 15 heavy (non-hydrogen) atoms. The maximum atomic E-state index is 9.88. The van der Waals surface area contributed by atoms with E-state index >= 15 is 0 Å². The van der Waals surface area contributed by atoms with Gasteiger partial charge in [-0.3, -0.25) is 4.68 Å². The predicted molar refractivity (Wildman–Crippen MR) is 62.6 cm³/mol. The molecule has 0 bridgehead atoms. The van der Waals surface area contributed by atoms with Crippen LogP contribution in [0.5, 0.6) is 0 Å². The third-order valence-corrected chi connectivity index (χ3v) is 3.69. The maximum absolute atomic E-state index is 9.88. The first-order chi connectivity index (χ1) is 6.72. The van der Waals surface area contributed by atoms with Crippen LogP contribution in [0.4, 0.5) is 0 Å². The number of hydrogen-bond donors (Lipinski definition) is 1.